The summed E-state index contributed by atoms with van der Waals surface area (Å²) >= 11 is 0. The van der Waals surface area contributed by atoms with E-state index in [1.54, 1.807) is 0 Å². The van der Waals surface area contributed by atoms with Crippen molar-refractivity contribution in [3.63, 3.8) is 0 Å². The Morgan fingerprint density at radius 3 is 2.65 bits per heavy atom. The van der Waals surface area contributed by atoms with Crippen molar-refractivity contribution in [2.24, 2.45) is 0 Å². The number of hydrogen-bond donors (Lipinski definition) is 2. The number of urea groups is 1. The number of fused-ring (bicyclic) bond motifs is 1. The van der Waals surface area contributed by atoms with Crippen LogP contribution in [0.2, 0.25) is 0 Å². The van der Waals surface area contributed by atoms with Crippen LogP contribution in [-0.4, -0.2) is 17.7 Å². The van der Waals surface area contributed by atoms with E-state index in [0.29, 0.717) is 6.04 Å². The fourth-order valence-electron chi connectivity index (χ4n) is 3.72. The van der Waals surface area contributed by atoms with E-state index in [-0.39, 0.29) is 17.7 Å². The fraction of sp³-hybridized carbons (Fsp3) is 0.632. The second-order valence-electron chi connectivity index (χ2n) is 7.61. The Morgan fingerprint density at radius 2 is 1.91 bits per heavy atom. The molecule has 1 aromatic carbocycles. The van der Waals surface area contributed by atoms with Gasteiger partial charge in [0.1, 0.15) is 11.4 Å². The highest BCUT2D eigenvalue weighted by Crippen LogP contribution is 2.39. The van der Waals surface area contributed by atoms with Gasteiger partial charge in [-0.2, -0.15) is 0 Å². The maximum Gasteiger partial charge on any atom is 0.315 e. The standard InChI is InChI=1S/C19H28N2O2/c1-13-9-10-15-16(12-19(2,3)23-17(15)11-13)21-18(22)20-14-7-5-4-6-8-14/h9-11,14,16H,4-8,12H2,1-3H3,(H2,20,21,22)/t16-/m0/s1. The lowest BCUT2D eigenvalue weighted by atomic mass is 9.89. The number of benzene rings is 1. The molecule has 1 atom stereocenters. The van der Waals surface area contributed by atoms with E-state index in [1.165, 1.54) is 24.8 Å². The van der Waals surface area contributed by atoms with Gasteiger partial charge in [-0.15, -0.1) is 0 Å². The summed E-state index contributed by atoms with van der Waals surface area (Å²) in [5, 5.41) is 6.31. The van der Waals surface area contributed by atoms with Crippen molar-refractivity contribution < 1.29 is 9.53 Å². The summed E-state index contributed by atoms with van der Waals surface area (Å²) in [6, 6.07) is 6.49. The summed E-state index contributed by atoms with van der Waals surface area (Å²) in [6.45, 7) is 6.21. The second-order valence-corrected chi connectivity index (χ2v) is 7.61. The minimum atomic E-state index is -0.274. The molecule has 3 rings (SSSR count). The molecule has 4 nitrogen and oxygen atoms in total. The molecular formula is C19H28N2O2. The quantitative estimate of drug-likeness (QED) is 0.858. The van der Waals surface area contributed by atoms with E-state index in [2.05, 4.69) is 49.6 Å². The Kier molecular flexibility index (Phi) is 4.51. The Labute approximate surface area is 139 Å². The molecule has 2 N–H and O–H groups in total. The van der Waals surface area contributed by atoms with E-state index in [9.17, 15) is 4.79 Å². The lowest BCUT2D eigenvalue weighted by Gasteiger charge is -2.38. The summed E-state index contributed by atoms with van der Waals surface area (Å²) < 4.78 is 6.09. The number of ether oxygens (including phenoxy) is 1. The average Bonchev–Trinajstić information content (AvgIpc) is 2.46. The van der Waals surface area contributed by atoms with Crippen molar-refractivity contribution in [1.82, 2.24) is 10.6 Å². The number of carbonyl (C=O) groups is 1. The third-order valence-corrected chi connectivity index (χ3v) is 4.87. The van der Waals surface area contributed by atoms with Crippen molar-refractivity contribution in [3.8, 4) is 5.75 Å². The van der Waals surface area contributed by atoms with E-state index >= 15 is 0 Å². The van der Waals surface area contributed by atoms with Crippen LogP contribution in [0.4, 0.5) is 4.79 Å². The highest BCUT2D eigenvalue weighted by Gasteiger charge is 2.34. The first kappa shape index (κ1) is 16.2. The van der Waals surface area contributed by atoms with Crippen LogP contribution in [-0.2, 0) is 0 Å². The van der Waals surface area contributed by atoms with Crippen LogP contribution in [0.15, 0.2) is 18.2 Å². The average molecular weight is 316 g/mol. The molecule has 1 aromatic rings. The van der Waals surface area contributed by atoms with Gasteiger partial charge < -0.3 is 15.4 Å². The van der Waals surface area contributed by atoms with E-state index in [4.69, 9.17) is 4.74 Å². The molecule has 0 radical (unpaired) electrons. The van der Waals surface area contributed by atoms with Crippen molar-refractivity contribution in [3.05, 3.63) is 29.3 Å². The van der Waals surface area contributed by atoms with Crippen LogP contribution in [0.1, 0.15) is 69.5 Å². The first-order chi connectivity index (χ1) is 10.9. The predicted molar refractivity (Wildman–Crippen MR) is 91.8 cm³/mol. The fourth-order valence-corrected chi connectivity index (χ4v) is 3.72. The van der Waals surface area contributed by atoms with Crippen LogP contribution in [0.3, 0.4) is 0 Å². The Hall–Kier alpha value is -1.71. The summed E-state index contributed by atoms with van der Waals surface area (Å²) in [6.07, 6.45) is 6.71. The van der Waals surface area contributed by atoms with Crippen LogP contribution < -0.4 is 15.4 Å². The zero-order valence-corrected chi connectivity index (χ0v) is 14.4. The molecule has 4 heteroatoms. The molecule has 2 aliphatic rings. The van der Waals surface area contributed by atoms with Gasteiger partial charge in [0, 0.05) is 18.0 Å². The van der Waals surface area contributed by atoms with Gasteiger partial charge in [-0.25, -0.2) is 4.79 Å². The Morgan fingerprint density at radius 1 is 1.17 bits per heavy atom. The molecule has 0 unspecified atom stereocenters. The monoisotopic (exact) mass is 316 g/mol. The van der Waals surface area contributed by atoms with Crippen molar-refractivity contribution in [2.45, 2.75) is 77.0 Å². The third kappa shape index (κ3) is 3.98. The maximum atomic E-state index is 12.4. The van der Waals surface area contributed by atoms with Crippen LogP contribution in [0, 0.1) is 6.92 Å². The van der Waals surface area contributed by atoms with Gasteiger partial charge in [0.05, 0.1) is 6.04 Å². The molecule has 0 saturated heterocycles. The highest BCUT2D eigenvalue weighted by atomic mass is 16.5. The summed E-state index contributed by atoms with van der Waals surface area (Å²) in [4.78, 5) is 12.4. The lowest BCUT2D eigenvalue weighted by Crippen LogP contribution is -2.47. The van der Waals surface area contributed by atoms with Crippen LogP contribution >= 0.6 is 0 Å². The topological polar surface area (TPSA) is 50.4 Å². The molecule has 1 fully saturated rings. The number of nitrogens with one attached hydrogen (secondary N) is 2. The van der Waals surface area contributed by atoms with E-state index in [0.717, 1.165) is 30.6 Å². The maximum absolute atomic E-state index is 12.4. The van der Waals surface area contributed by atoms with Gasteiger partial charge in [0.25, 0.3) is 0 Å². The van der Waals surface area contributed by atoms with Crippen molar-refractivity contribution in [1.29, 1.82) is 0 Å². The molecule has 0 aromatic heterocycles. The van der Waals surface area contributed by atoms with E-state index in [1.807, 2.05) is 0 Å². The summed E-state index contributed by atoms with van der Waals surface area (Å²) in [5.74, 6) is 0.893. The van der Waals surface area contributed by atoms with Crippen molar-refractivity contribution in [2.75, 3.05) is 0 Å². The third-order valence-electron chi connectivity index (χ3n) is 4.87. The molecule has 0 spiro atoms. The highest BCUT2D eigenvalue weighted by molar-refractivity contribution is 5.75. The summed E-state index contributed by atoms with van der Waals surface area (Å²) in [5.41, 5.74) is 1.98. The zero-order chi connectivity index (χ0) is 16.4. The Bertz CT molecular complexity index is 577. The molecule has 0 bridgehead atoms. The van der Waals surface area contributed by atoms with Crippen LogP contribution in [0.5, 0.6) is 5.75 Å². The minimum Gasteiger partial charge on any atom is -0.487 e. The first-order valence-electron chi connectivity index (χ1n) is 8.79. The molecule has 1 saturated carbocycles. The van der Waals surface area contributed by atoms with Gasteiger partial charge >= 0.3 is 6.03 Å². The molecule has 126 valence electrons. The second kappa shape index (κ2) is 6.42. The summed E-state index contributed by atoms with van der Waals surface area (Å²) in [7, 11) is 0. The lowest BCUT2D eigenvalue weighted by molar-refractivity contribution is 0.0677. The number of hydrogen-bond acceptors (Lipinski definition) is 2. The Balaban J connectivity index is 1.70. The van der Waals surface area contributed by atoms with Gasteiger partial charge in [-0.3, -0.25) is 0 Å². The molecule has 1 aliphatic carbocycles. The van der Waals surface area contributed by atoms with Gasteiger partial charge in [0.2, 0.25) is 0 Å². The zero-order valence-electron chi connectivity index (χ0n) is 14.4. The normalized spacial score (nSPS) is 23.5. The van der Waals surface area contributed by atoms with Crippen molar-refractivity contribution >= 4 is 6.03 Å². The molecule has 1 heterocycles. The minimum absolute atomic E-state index is 0.00191. The van der Waals surface area contributed by atoms with Gasteiger partial charge in [0.15, 0.2) is 0 Å². The molecule has 2 amide bonds. The van der Waals surface area contributed by atoms with Crippen LogP contribution in [0.25, 0.3) is 0 Å². The first-order valence-corrected chi connectivity index (χ1v) is 8.79. The van der Waals surface area contributed by atoms with Gasteiger partial charge in [-0.05, 0) is 45.2 Å². The number of aryl methyl sites for hydroxylation is 1. The number of rotatable bonds is 2. The molecular weight excluding hydrogens is 288 g/mol. The smallest absolute Gasteiger partial charge is 0.315 e. The van der Waals surface area contributed by atoms with Gasteiger partial charge in [-0.1, -0.05) is 31.4 Å². The number of amides is 2. The molecule has 23 heavy (non-hydrogen) atoms. The van der Waals surface area contributed by atoms with E-state index < -0.39 is 0 Å². The number of carbonyl (C=O) groups excluding carboxylic acids is 1. The molecule has 1 aliphatic heterocycles. The SMILES string of the molecule is Cc1ccc2c(c1)OC(C)(C)C[C@@H]2NC(=O)NC1CCCCC1. The predicted octanol–water partition coefficient (Wildman–Crippen LogP) is 4.23. The largest absolute Gasteiger partial charge is 0.487 e.